The van der Waals surface area contributed by atoms with Crippen LogP contribution in [0, 0.1) is 0 Å². The molecule has 0 aromatic rings. The number of carbonyl (C=O) groups excluding carboxylic acids is 1. The van der Waals surface area contributed by atoms with Gasteiger partial charge in [0.25, 0.3) is 0 Å². The Morgan fingerprint density at radius 3 is 1.86 bits per heavy atom. The molecule has 3 heterocycles. The lowest BCUT2D eigenvalue weighted by atomic mass is 9.95. The minimum atomic E-state index is -1.71. The van der Waals surface area contributed by atoms with Gasteiger partial charge in [0.05, 0.1) is 18.8 Å². The van der Waals surface area contributed by atoms with E-state index in [4.69, 9.17) is 28.4 Å². The molecule has 210 valence electrons. The minimum Gasteiger partial charge on any atom is -0.394 e. The number of methoxy groups -OCH3 is 1. The topological polar surface area (TPSA) is 226 Å². The third-order valence-electron chi connectivity index (χ3n) is 6.63. The Balaban J connectivity index is 1.81. The number of carbonyl (C=O) groups is 1. The zero-order chi connectivity index (χ0) is 26.9. The summed E-state index contributed by atoms with van der Waals surface area (Å²) in [5.41, 5.74) is 0. The van der Waals surface area contributed by atoms with Crippen molar-refractivity contribution in [3.63, 3.8) is 0 Å². The first-order chi connectivity index (χ1) is 16.9. The Bertz CT molecular complexity index is 731. The molecule has 0 aromatic carbocycles. The number of hydrogen-bond donors (Lipinski definition) is 8. The Morgan fingerprint density at radius 2 is 1.31 bits per heavy atom. The zero-order valence-electron chi connectivity index (χ0n) is 20.4. The van der Waals surface area contributed by atoms with Gasteiger partial charge in [-0.05, 0) is 13.8 Å². The van der Waals surface area contributed by atoms with Gasteiger partial charge in [0.1, 0.15) is 61.0 Å². The predicted octanol–water partition coefficient (Wildman–Crippen LogP) is -4.72. The molecule has 3 saturated heterocycles. The van der Waals surface area contributed by atoms with Crippen LogP contribution in [-0.2, 0) is 33.2 Å². The lowest BCUT2D eigenvalue weighted by molar-refractivity contribution is -0.368. The zero-order valence-corrected chi connectivity index (χ0v) is 20.4. The summed E-state index contributed by atoms with van der Waals surface area (Å²) in [4.78, 5) is 11.8. The van der Waals surface area contributed by atoms with Gasteiger partial charge >= 0.3 is 0 Å². The van der Waals surface area contributed by atoms with Gasteiger partial charge in [-0.25, -0.2) is 0 Å². The van der Waals surface area contributed by atoms with Crippen LogP contribution in [0.3, 0.4) is 0 Å². The van der Waals surface area contributed by atoms with Gasteiger partial charge in [-0.1, -0.05) is 0 Å². The first kappa shape index (κ1) is 29.5. The molecule has 0 spiro atoms. The molecular formula is C21H37NO14. The van der Waals surface area contributed by atoms with Crippen LogP contribution in [0.15, 0.2) is 0 Å². The Morgan fingerprint density at radius 1 is 0.750 bits per heavy atom. The van der Waals surface area contributed by atoms with Crippen LogP contribution >= 0.6 is 0 Å². The van der Waals surface area contributed by atoms with E-state index in [2.05, 4.69) is 5.32 Å². The van der Waals surface area contributed by atoms with Crippen LogP contribution in [0.25, 0.3) is 0 Å². The molecule has 15 nitrogen and oxygen atoms in total. The first-order valence-electron chi connectivity index (χ1n) is 11.7. The second-order valence-corrected chi connectivity index (χ2v) is 9.25. The first-order valence-corrected chi connectivity index (χ1v) is 11.7. The van der Waals surface area contributed by atoms with Crippen molar-refractivity contribution >= 4 is 5.91 Å². The van der Waals surface area contributed by atoms with Crippen molar-refractivity contribution in [1.82, 2.24) is 5.32 Å². The molecule has 0 unspecified atom stereocenters. The number of ether oxygens (including phenoxy) is 6. The maximum atomic E-state index is 11.8. The normalized spacial score (nSPS) is 50.0. The fourth-order valence-corrected chi connectivity index (χ4v) is 4.53. The largest absolute Gasteiger partial charge is 0.394 e. The van der Waals surface area contributed by atoms with Crippen molar-refractivity contribution in [3.8, 4) is 0 Å². The molecule has 3 aliphatic rings. The van der Waals surface area contributed by atoms with Gasteiger partial charge in [-0.15, -0.1) is 0 Å². The molecule has 1 amide bonds. The molecule has 3 rings (SSSR count). The summed E-state index contributed by atoms with van der Waals surface area (Å²) >= 11 is 0. The van der Waals surface area contributed by atoms with Gasteiger partial charge in [-0.3, -0.25) is 4.79 Å². The average Bonchev–Trinajstić information content (AvgIpc) is 2.83. The lowest BCUT2D eigenvalue weighted by Crippen LogP contribution is -2.68. The predicted molar refractivity (Wildman–Crippen MR) is 115 cm³/mol. The van der Waals surface area contributed by atoms with E-state index in [0.29, 0.717) is 0 Å². The van der Waals surface area contributed by atoms with Crippen LogP contribution in [0.5, 0.6) is 0 Å². The molecule has 0 bridgehead atoms. The molecule has 0 aromatic heterocycles. The third kappa shape index (κ3) is 5.99. The maximum absolute atomic E-state index is 11.8. The molecule has 36 heavy (non-hydrogen) atoms. The van der Waals surface area contributed by atoms with Gasteiger partial charge in [0.2, 0.25) is 5.91 Å². The molecule has 15 atom stereocenters. The van der Waals surface area contributed by atoms with Crippen LogP contribution < -0.4 is 5.32 Å². The summed E-state index contributed by atoms with van der Waals surface area (Å²) < 4.78 is 33.2. The molecule has 0 radical (unpaired) electrons. The van der Waals surface area contributed by atoms with Crippen LogP contribution in [0.2, 0.25) is 0 Å². The van der Waals surface area contributed by atoms with Crippen molar-refractivity contribution < 1.29 is 69.0 Å². The lowest BCUT2D eigenvalue weighted by Gasteiger charge is -2.48. The van der Waals surface area contributed by atoms with E-state index in [9.17, 15) is 40.5 Å². The van der Waals surface area contributed by atoms with E-state index in [1.807, 2.05) is 0 Å². The summed E-state index contributed by atoms with van der Waals surface area (Å²) in [7, 11) is 1.29. The Kier molecular flexibility index (Phi) is 10.0. The van der Waals surface area contributed by atoms with Crippen LogP contribution in [0.4, 0.5) is 0 Å². The second kappa shape index (κ2) is 12.2. The highest BCUT2D eigenvalue weighted by atomic mass is 16.7. The van der Waals surface area contributed by atoms with Gasteiger partial charge in [-0.2, -0.15) is 0 Å². The molecular weight excluding hydrogens is 490 g/mol. The Labute approximate surface area is 207 Å². The fourth-order valence-electron chi connectivity index (χ4n) is 4.53. The Hall–Kier alpha value is -1.05. The van der Waals surface area contributed by atoms with E-state index in [0.717, 1.165) is 0 Å². The fraction of sp³-hybridized carbons (Fsp3) is 0.952. The van der Waals surface area contributed by atoms with Crippen molar-refractivity contribution in [3.05, 3.63) is 0 Å². The number of hydrogen-bond acceptors (Lipinski definition) is 14. The molecule has 3 fully saturated rings. The number of aliphatic hydroxyl groups is 7. The monoisotopic (exact) mass is 527 g/mol. The molecule has 0 aliphatic carbocycles. The third-order valence-corrected chi connectivity index (χ3v) is 6.63. The maximum Gasteiger partial charge on any atom is 0.217 e. The highest BCUT2D eigenvalue weighted by molar-refractivity contribution is 5.73. The van der Waals surface area contributed by atoms with E-state index >= 15 is 0 Å². The number of amides is 1. The van der Waals surface area contributed by atoms with E-state index in [-0.39, 0.29) is 0 Å². The van der Waals surface area contributed by atoms with Gasteiger partial charge in [0.15, 0.2) is 18.9 Å². The summed E-state index contributed by atoms with van der Waals surface area (Å²) in [6.45, 7) is 3.53. The van der Waals surface area contributed by atoms with Crippen LogP contribution in [0.1, 0.15) is 20.8 Å². The smallest absolute Gasteiger partial charge is 0.217 e. The van der Waals surface area contributed by atoms with Gasteiger partial charge < -0.3 is 69.5 Å². The van der Waals surface area contributed by atoms with E-state index in [1.54, 1.807) is 0 Å². The number of nitrogens with one attached hydrogen (secondary N) is 1. The van der Waals surface area contributed by atoms with Crippen molar-refractivity contribution in [2.75, 3.05) is 13.7 Å². The van der Waals surface area contributed by atoms with E-state index in [1.165, 1.54) is 27.9 Å². The number of aliphatic hydroxyl groups excluding tert-OH is 7. The summed E-state index contributed by atoms with van der Waals surface area (Å²) in [5.74, 6) is -0.498. The molecule has 15 heteroatoms. The summed E-state index contributed by atoms with van der Waals surface area (Å²) in [6.07, 6.45) is -19.3. The highest BCUT2D eigenvalue weighted by Crippen LogP contribution is 2.32. The second-order valence-electron chi connectivity index (χ2n) is 9.25. The molecule has 0 saturated carbocycles. The van der Waals surface area contributed by atoms with Crippen LogP contribution in [-0.4, -0.2) is 147 Å². The minimum absolute atomic E-state index is 0.498. The SMILES string of the molecule is CO[C@@H]1O[C@H](CO)[C@@H](O)[C@H](O[C@@H]2O[C@@H](C)[C@H](O)[C@@H](O[C@@H]3O[C@@H](C)[C@H](O)[C@@H](O)[C@H]3O)[C@H]2O)[C@H]1NC(C)=O. The van der Waals surface area contributed by atoms with E-state index < -0.39 is 105 Å². The molecule has 8 N–H and O–H groups in total. The number of rotatable bonds is 7. The quantitative estimate of drug-likeness (QED) is 0.156. The van der Waals surface area contributed by atoms with Crippen molar-refractivity contribution in [2.24, 2.45) is 0 Å². The van der Waals surface area contributed by atoms with Crippen molar-refractivity contribution in [2.45, 2.75) is 113 Å². The summed E-state index contributed by atoms with van der Waals surface area (Å²) in [6, 6.07) is -1.08. The average molecular weight is 528 g/mol. The van der Waals surface area contributed by atoms with Crippen molar-refractivity contribution in [1.29, 1.82) is 0 Å². The van der Waals surface area contributed by atoms with Gasteiger partial charge in [0, 0.05) is 14.0 Å². The summed E-state index contributed by atoms with van der Waals surface area (Å²) in [5, 5.41) is 74.8. The highest BCUT2D eigenvalue weighted by Gasteiger charge is 2.53. The standard InChI is InChI=1S/C21H37NO14/c1-6-11(25)14(28)15(29)20(32-6)36-18-12(26)7(2)33-21(16(18)30)35-17-10(22-8(3)24)19(31-4)34-9(5-23)13(17)27/h6-7,9-21,23,25-30H,5H2,1-4H3,(H,22,24)/t6-,7-,9+,10+,11-,12-,13+,14+,15+,16+,17+,18+,19+,20-,21-/m0/s1. The molecule has 3 aliphatic heterocycles.